The molecule has 1 aliphatic heterocycles. The molecule has 22 heavy (non-hydrogen) atoms. The van der Waals surface area contributed by atoms with Crippen molar-refractivity contribution in [3.05, 3.63) is 47.9 Å². The summed E-state index contributed by atoms with van der Waals surface area (Å²) in [7, 11) is 0. The zero-order valence-electron chi connectivity index (χ0n) is 12.6. The molecule has 1 unspecified atom stereocenters. The Balaban J connectivity index is 1.76. The summed E-state index contributed by atoms with van der Waals surface area (Å²) in [6.45, 7) is 3.58. The molecule has 0 radical (unpaired) electrons. The van der Waals surface area contributed by atoms with Crippen molar-refractivity contribution in [2.45, 2.75) is 25.9 Å². The predicted octanol–water partition coefficient (Wildman–Crippen LogP) is 2.70. The lowest BCUT2D eigenvalue weighted by Gasteiger charge is -2.34. The number of nitrogens with zero attached hydrogens (tertiary/aromatic N) is 4. The van der Waals surface area contributed by atoms with Crippen LogP contribution in [0.15, 0.2) is 36.7 Å². The molecule has 3 rings (SSSR count). The number of piperidine rings is 1. The van der Waals surface area contributed by atoms with Crippen molar-refractivity contribution in [1.29, 1.82) is 5.26 Å². The Morgan fingerprint density at radius 2 is 2.27 bits per heavy atom. The third-order valence-corrected chi connectivity index (χ3v) is 3.75. The van der Waals surface area contributed by atoms with Crippen LogP contribution in [-0.4, -0.2) is 29.2 Å². The van der Waals surface area contributed by atoms with Gasteiger partial charge in [0.05, 0.1) is 18.3 Å². The van der Waals surface area contributed by atoms with Crippen LogP contribution in [0.25, 0.3) is 0 Å². The van der Waals surface area contributed by atoms with Crippen LogP contribution in [0.4, 0.5) is 5.82 Å². The van der Waals surface area contributed by atoms with Crippen LogP contribution in [0.5, 0.6) is 5.75 Å². The second-order valence-electron chi connectivity index (χ2n) is 5.45. The van der Waals surface area contributed by atoms with E-state index in [2.05, 4.69) is 20.9 Å². The molecule has 2 aromatic heterocycles. The average Bonchev–Trinajstić information content (AvgIpc) is 2.56. The van der Waals surface area contributed by atoms with E-state index in [4.69, 9.17) is 4.74 Å². The summed E-state index contributed by atoms with van der Waals surface area (Å²) in [5.41, 5.74) is 1.54. The lowest BCUT2D eigenvalue weighted by Crippen LogP contribution is -2.42. The van der Waals surface area contributed by atoms with Crippen LogP contribution >= 0.6 is 0 Å². The molecule has 0 amide bonds. The number of aromatic nitrogens is 2. The number of hydrogen-bond acceptors (Lipinski definition) is 5. The number of anilines is 1. The fourth-order valence-electron chi connectivity index (χ4n) is 2.71. The summed E-state index contributed by atoms with van der Waals surface area (Å²) >= 11 is 0. The Kier molecular flexibility index (Phi) is 4.19. The van der Waals surface area contributed by atoms with Gasteiger partial charge in [0.2, 0.25) is 0 Å². The van der Waals surface area contributed by atoms with E-state index in [1.54, 1.807) is 12.4 Å². The van der Waals surface area contributed by atoms with Crippen molar-refractivity contribution in [2.24, 2.45) is 0 Å². The standard InChI is InChI=1S/C17H18N4O/c1-13-6-7-14(10-18)17(20-13)21-9-3-5-16(12-21)22-15-4-2-8-19-11-15/h2,4,6-8,11,16H,3,5,9,12H2,1H3. The first kappa shape index (κ1) is 14.3. The summed E-state index contributed by atoms with van der Waals surface area (Å²) in [4.78, 5) is 10.8. The van der Waals surface area contributed by atoms with E-state index >= 15 is 0 Å². The molecule has 112 valence electrons. The van der Waals surface area contributed by atoms with Crippen LogP contribution < -0.4 is 9.64 Å². The van der Waals surface area contributed by atoms with Gasteiger partial charge in [-0.3, -0.25) is 4.98 Å². The van der Waals surface area contributed by atoms with Crippen LogP contribution in [0.3, 0.4) is 0 Å². The molecule has 0 aromatic carbocycles. The van der Waals surface area contributed by atoms with Crippen LogP contribution in [0.1, 0.15) is 24.1 Å². The van der Waals surface area contributed by atoms with Crippen LogP contribution in [0, 0.1) is 18.3 Å². The van der Waals surface area contributed by atoms with Crippen LogP contribution in [0.2, 0.25) is 0 Å². The Bertz CT molecular complexity index is 681. The molecule has 0 aliphatic carbocycles. The van der Waals surface area contributed by atoms with Gasteiger partial charge in [-0.15, -0.1) is 0 Å². The van der Waals surface area contributed by atoms with Gasteiger partial charge >= 0.3 is 0 Å². The number of rotatable bonds is 3. The normalized spacial score (nSPS) is 17.8. The first-order valence-corrected chi connectivity index (χ1v) is 7.45. The zero-order valence-corrected chi connectivity index (χ0v) is 12.6. The largest absolute Gasteiger partial charge is 0.487 e. The molecule has 0 N–H and O–H groups in total. The predicted molar refractivity (Wildman–Crippen MR) is 83.8 cm³/mol. The molecule has 0 saturated carbocycles. The van der Waals surface area contributed by atoms with Crippen molar-refractivity contribution in [3.8, 4) is 11.8 Å². The van der Waals surface area contributed by atoms with E-state index in [1.807, 2.05) is 31.2 Å². The van der Waals surface area contributed by atoms with Crippen molar-refractivity contribution < 1.29 is 4.74 Å². The van der Waals surface area contributed by atoms with Crippen molar-refractivity contribution >= 4 is 5.82 Å². The summed E-state index contributed by atoms with van der Waals surface area (Å²) < 4.78 is 6.00. The smallest absolute Gasteiger partial charge is 0.146 e. The van der Waals surface area contributed by atoms with Crippen molar-refractivity contribution in [2.75, 3.05) is 18.0 Å². The summed E-state index contributed by atoms with van der Waals surface area (Å²) in [5, 5.41) is 9.28. The summed E-state index contributed by atoms with van der Waals surface area (Å²) in [6.07, 6.45) is 5.57. The molecule has 0 spiro atoms. The molecule has 1 saturated heterocycles. The fourth-order valence-corrected chi connectivity index (χ4v) is 2.71. The minimum Gasteiger partial charge on any atom is -0.487 e. The highest BCUT2D eigenvalue weighted by molar-refractivity contribution is 5.54. The molecule has 3 heterocycles. The van der Waals surface area contributed by atoms with Gasteiger partial charge in [0.15, 0.2) is 0 Å². The first-order chi connectivity index (χ1) is 10.8. The molecule has 0 bridgehead atoms. The summed E-state index contributed by atoms with van der Waals surface area (Å²) in [6, 6.07) is 9.72. The van der Waals surface area contributed by atoms with Gasteiger partial charge in [0.1, 0.15) is 23.7 Å². The highest BCUT2D eigenvalue weighted by Gasteiger charge is 2.24. The van der Waals surface area contributed by atoms with Gasteiger partial charge in [-0.2, -0.15) is 5.26 Å². The molecule has 1 atom stereocenters. The minimum absolute atomic E-state index is 0.0896. The lowest BCUT2D eigenvalue weighted by molar-refractivity contribution is 0.178. The number of aryl methyl sites for hydroxylation is 1. The average molecular weight is 294 g/mol. The Morgan fingerprint density at radius 3 is 3.05 bits per heavy atom. The molecule has 1 fully saturated rings. The molecule has 5 heteroatoms. The maximum Gasteiger partial charge on any atom is 0.146 e. The SMILES string of the molecule is Cc1ccc(C#N)c(N2CCCC(Oc3cccnc3)C2)n1. The van der Waals surface area contributed by atoms with Gasteiger partial charge in [0.25, 0.3) is 0 Å². The Hall–Kier alpha value is -2.61. The van der Waals surface area contributed by atoms with Gasteiger partial charge < -0.3 is 9.64 Å². The van der Waals surface area contributed by atoms with Crippen molar-refractivity contribution in [1.82, 2.24) is 9.97 Å². The van der Waals surface area contributed by atoms with E-state index in [-0.39, 0.29) is 6.10 Å². The first-order valence-electron chi connectivity index (χ1n) is 7.45. The Labute approximate surface area is 130 Å². The fraction of sp³-hybridized carbons (Fsp3) is 0.353. The quantitative estimate of drug-likeness (QED) is 0.871. The second kappa shape index (κ2) is 6.44. The Morgan fingerprint density at radius 1 is 1.36 bits per heavy atom. The monoisotopic (exact) mass is 294 g/mol. The number of ether oxygens (including phenoxy) is 1. The van der Waals surface area contributed by atoms with Gasteiger partial charge in [-0.25, -0.2) is 4.98 Å². The molecule has 5 nitrogen and oxygen atoms in total. The van der Waals surface area contributed by atoms with Crippen molar-refractivity contribution in [3.63, 3.8) is 0 Å². The highest BCUT2D eigenvalue weighted by Crippen LogP contribution is 2.24. The van der Waals surface area contributed by atoms with E-state index in [0.717, 1.165) is 43.2 Å². The highest BCUT2D eigenvalue weighted by atomic mass is 16.5. The number of nitriles is 1. The van der Waals surface area contributed by atoms with Crippen LogP contribution in [-0.2, 0) is 0 Å². The third kappa shape index (κ3) is 3.17. The van der Waals surface area contributed by atoms with E-state index in [1.165, 1.54) is 0 Å². The van der Waals surface area contributed by atoms with E-state index in [9.17, 15) is 5.26 Å². The number of hydrogen-bond donors (Lipinski definition) is 0. The number of pyridine rings is 2. The molecular weight excluding hydrogens is 276 g/mol. The lowest BCUT2D eigenvalue weighted by atomic mass is 10.1. The molecule has 2 aromatic rings. The summed E-state index contributed by atoms with van der Waals surface area (Å²) in [5.74, 6) is 1.55. The zero-order chi connectivity index (χ0) is 15.4. The molecule has 1 aliphatic rings. The van der Waals surface area contributed by atoms with Gasteiger partial charge in [-0.05, 0) is 44.0 Å². The van der Waals surface area contributed by atoms with E-state index in [0.29, 0.717) is 5.56 Å². The van der Waals surface area contributed by atoms with Gasteiger partial charge in [0, 0.05) is 18.4 Å². The van der Waals surface area contributed by atoms with E-state index < -0.39 is 0 Å². The topological polar surface area (TPSA) is 62.0 Å². The second-order valence-corrected chi connectivity index (χ2v) is 5.45. The third-order valence-electron chi connectivity index (χ3n) is 3.75. The maximum absolute atomic E-state index is 9.28. The maximum atomic E-state index is 9.28. The molecular formula is C17H18N4O. The minimum atomic E-state index is 0.0896. The van der Waals surface area contributed by atoms with Gasteiger partial charge in [-0.1, -0.05) is 0 Å².